The third-order valence-electron chi connectivity index (χ3n) is 6.03. The van der Waals surface area contributed by atoms with Gasteiger partial charge in [0.2, 0.25) is 0 Å². The van der Waals surface area contributed by atoms with Gasteiger partial charge in [0.25, 0.3) is 0 Å². The average molecular weight is 423 g/mol. The maximum atomic E-state index is 5.02. The van der Waals surface area contributed by atoms with E-state index in [4.69, 9.17) is 5.10 Å². The van der Waals surface area contributed by atoms with Crippen LogP contribution in [0.1, 0.15) is 35.2 Å². The van der Waals surface area contributed by atoms with Crippen LogP contribution >= 0.6 is 0 Å². The fraction of sp³-hybridized carbons (Fsp3) is 0.250. The minimum Gasteiger partial charge on any atom is -0.348 e. The summed E-state index contributed by atoms with van der Waals surface area (Å²) in [6.45, 7) is 4.63. The molecule has 4 aromatic rings. The summed E-state index contributed by atoms with van der Waals surface area (Å²) in [6.07, 6.45) is 2.55. The molecule has 5 rings (SSSR count). The molecule has 0 aliphatic heterocycles. The van der Waals surface area contributed by atoms with E-state index in [1.165, 1.54) is 35.3 Å². The molecule has 3 aromatic carbocycles. The Morgan fingerprint density at radius 2 is 1.34 bits per heavy atom. The minimum atomic E-state index is 0.652. The Balaban J connectivity index is 1.60. The summed E-state index contributed by atoms with van der Waals surface area (Å²) in [4.78, 5) is 2.47. The van der Waals surface area contributed by atoms with Crippen LogP contribution in [-0.2, 0) is 19.6 Å². The molecule has 0 atom stereocenters. The molecule has 0 amide bonds. The zero-order chi connectivity index (χ0) is 21.8. The molecule has 4 heteroatoms. The molecule has 1 aliphatic carbocycles. The highest BCUT2D eigenvalue weighted by Gasteiger charge is 2.26. The first-order chi connectivity index (χ1) is 15.8. The van der Waals surface area contributed by atoms with Gasteiger partial charge in [-0.1, -0.05) is 78.9 Å². The number of nitrogens with zero attached hydrogens (tertiary/aromatic N) is 3. The highest BCUT2D eigenvalue weighted by molar-refractivity contribution is 5.56. The standard InChI is InChI=1S/C28H30N4/c1-22-27(19-29-25-17-18-25)28(32(30-22)26-15-9-4-10-16-26)31(20-23-11-5-2-6-12-23)21-24-13-7-3-8-14-24/h2-16,25,29H,17-21H2,1H3. The molecular weight excluding hydrogens is 392 g/mol. The van der Waals surface area contributed by atoms with Gasteiger partial charge in [0, 0.05) is 31.2 Å². The van der Waals surface area contributed by atoms with Crippen LogP contribution in [0, 0.1) is 6.92 Å². The van der Waals surface area contributed by atoms with Crippen molar-refractivity contribution < 1.29 is 0 Å². The Kier molecular flexibility index (Phi) is 6.04. The van der Waals surface area contributed by atoms with Crippen LogP contribution in [0.2, 0.25) is 0 Å². The number of aromatic nitrogens is 2. The van der Waals surface area contributed by atoms with Crippen LogP contribution in [0.4, 0.5) is 5.82 Å². The van der Waals surface area contributed by atoms with Crippen molar-refractivity contribution >= 4 is 5.82 Å². The van der Waals surface area contributed by atoms with Crippen LogP contribution in [0.25, 0.3) is 5.69 Å². The van der Waals surface area contributed by atoms with Gasteiger partial charge in [-0.05, 0) is 43.0 Å². The Bertz CT molecular complexity index is 1090. The Morgan fingerprint density at radius 1 is 0.812 bits per heavy atom. The fourth-order valence-electron chi connectivity index (χ4n) is 4.18. The molecule has 1 aliphatic rings. The largest absolute Gasteiger partial charge is 0.348 e. The van der Waals surface area contributed by atoms with Gasteiger partial charge in [0.15, 0.2) is 0 Å². The molecule has 0 radical (unpaired) electrons. The highest BCUT2D eigenvalue weighted by atomic mass is 15.4. The lowest BCUT2D eigenvalue weighted by Gasteiger charge is -2.27. The van der Waals surface area contributed by atoms with Gasteiger partial charge >= 0.3 is 0 Å². The number of hydrogen-bond donors (Lipinski definition) is 1. The van der Waals surface area contributed by atoms with Crippen LogP contribution in [-0.4, -0.2) is 15.8 Å². The predicted molar refractivity (Wildman–Crippen MR) is 131 cm³/mol. The number of anilines is 1. The molecule has 1 N–H and O–H groups in total. The lowest BCUT2D eigenvalue weighted by atomic mass is 10.1. The van der Waals surface area contributed by atoms with Gasteiger partial charge in [-0.25, -0.2) is 4.68 Å². The summed E-state index contributed by atoms with van der Waals surface area (Å²) in [7, 11) is 0. The minimum absolute atomic E-state index is 0.652. The third kappa shape index (κ3) is 4.76. The van der Waals surface area contributed by atoms with Crippen molar-refractivity contribution in [1.82, 2.24) is 15.1 Å². The molecule has 1 fully saturated rings. The quantitative estimate of drug-likeness (QED) is 0.379. The van der Waals surface area contributed by atoms with Crippen LogP contribution < -0.4 is 10.2 Å². The van der Waals surface area contributed by atoms with Gasteiger partial charge in [-0.3, -0.25) is 0 Å². The second-order valence-corrected chi connectivity index (χ2v) is 8.62. The van der Waals surface area contributed by atoms with Gasteiger partial charge < -0.3 is 10.2 Å². The lowest BCUT2D eigenvalue weighted by molar-refractivity contribution is 0.676. The number of hydrogen-bond acceptors (Lipinski definition) is 3. The Morgan fingerprint density at radius 3 is 1.88 bits per heavy atom. The van der Waals surface area contributed by atoms with Crippen molar-refractivity contribution in [2.24, 2.45) is 0 Å². The normalized spacial score (nSPS) is 13.3. The molecule has 1 saturated carbocycles. The molecule has 0 spiro atoms. The zero-order valence-electron chi connectivity index (χ0n) is 18.6. The molecule has 1 heterocycles. The van der Waals surface area contributed by atoms with Crippen molar-refractivity contribution in [3.05, 3.63) is 113 Å². The number of rotatable bonds is 9. The van der Waals surface area contributed by atoms with Crippen LogP contribution in [0.5, 0.6) is 0 Å². The zero-order valence-corrected chi connectivity index (χ0v) is 18.6. The molecule has 1 aromatic heterocycles. The van der Waals surface area contributed by atoms with Crippen molar-refractivity contribution in [1.29, 1.82) is 0 Å². The van der Waals surface area contributed by atoms with E-state index >= 15 is 0 Å². The molecule has 0 bridgehead atoms. The average Bonchev–Trinajstić information content (AvgIpc) is 3.61. The molecule has 32 heavy (non-hydrogen) atoms. The second-order valence-electron chi connectivity index (χ2n) is 8.62. The molecule has 162 valence electrons. The maximum absolute atomic E-state index is 5.02. The predicted octanol–water partition coefficient (Wildman–Crippen LogP) is 5.64. The monoisotopic (exact) mass is 422 g/mol. The van der Waals surface area contributed by atoms with Crippen LogP contribution in [0.3, 0.4) is 0 Å². The number of benzene rings is 3. The number of aryl methyl sites for hydroxylation is 1. The first-order valence-corrected chi connectivity index (χ1v) is 11.5. The summed E-state index contributed by atoms with van der Waals surface area (Å²) in [5.74, 6) is 1.18. The molecule has 0 unspecified atom stereocenters. The summed E-state index contributed by atoms with van der Waals surface area (Å²) < 4.78 is 2.13. The van der Waals surface area contributed by atoms with E-state index in [-0.39, 0.29) is 0 Å². The van der Waals surface area contributed by atoms with Crippen LogP contribution in [0.15, 0.2) is 91.0 Å². The lowest BCUT2D eigenvalue weighted by Crippen LogP contribution is -2.27. The SMILES string of the molecule is Cc1nn(-c2ccccc2)c(N(Cc2ccccc2)Cc2ccccc2)c1CNC1CC1. The Labute approximate surface area is 190 Å². The van der Waals surface area contributed by atoms with E-state index < -0.39 is 0 Å². The summed E-state index contributed by atoms with van der Waals surface area (Å²) >= 11 is 0. The van der Waals surface area contributed by atoms with E-state index in [2.05, 4.69) is 113 Å². The number of nitrogens with one attached hydrogen (secondary N) is 1. The molecule has 0 saturated heterocycles. The third-order valence-corrected chi connectivity index (χ3v) is 6.03. The highest BCUT2D eigenvalue weighted by Crippen LogP contribution is 2.31. The van der Waals surface area contributed by atoms with Gasteiger partial charge in [0.05, 0.1) is 11.4 Å². The molecular formula is C28H30N4. The van der Waals surface area contributed by atoms with E-state index in [1.807, 2.05) is 0 Å². The van der Waals surface area contributed by atoms with Crippen molar-refractivity contribution in [2.45, 2.75) is 45.4 Å². The van der Waals surface area contributed by atoms with Crippen molar-refractivity contribution in [3.63, 3.8) is 0 Å². The molecule has 4 nitrogen and oxygen atoms in total. The first kappa shape index (κ1) is 20.5. The van der Waals surface area contributed by atoms with E-state index in [0.29, 0.717) is 6.04 Å². The van der Waals surface area contributed by atoms with E-state index in [9.17, 15) is 0 Å². The van der Waals surface area contributed by atoms with Crippen molar-refractivity contribution in [3.8, 4) is 5.69 Å². The van der Waals surface area contributed by atoms with Gasteiger partial charge in [0.1, 0.15) is 5.82 Å². The summed E-state index contributed by atoms with van der Waals surface area (Å²) in [5.41, 5.74) is 6.05. The van der Waals surface area contributed by atoms with Crippen molar-refractivity contribution in [2.75, 3.05) is 4.90 Å². The second kappa shape index (κ2) is 9.41. The smallest absolute Gasteiger partial charge is 0.137 e. The summed E-state index contributed by atoms with van der Waals surface area (Å²) in [5, 5.41) is 8.74. The maximum Gasteiger partial charge on any atom is 0.137 e. The number of para-hydroxylation sites is 1. The van der Waals surface area contributed by atoms with Gasteiger partial charge in [-0.15, -0.1) is 0 Å². The Hall–Kier alpha value is -3.37. The van der Waals surface area contributed by atoms with E-state index in [1.54, 1.807) is 0 Å². The van der Waals surface area contributed by atoms with E-state index in [0.717, 1.165) is 31.0 Å². The first-order valence-electron chi connectivity index (χ1n) is 11.5. The fourth-order valence-corrected chi connectivity index (χ4v) is 4.18. The van der Waals surface area contributed by atoms with Gasteiger partial charge in [-0.2, -0.15) is 5.10 Å². The summed E-state index contributed by atoms with van der Waals surface area (Å²) in [6, 6.07) is 32.6. The topological polar surface area (TPSA) is 33.1 Å².